The van der Waals surface area contributed by atoms with E-state index in [1.54, 1.807) is 0 Å². The Morgan fingerprint density at radius 2 is 1.31 bits per heavy atom. The van der Waals surface area contributed by atoms with Crippen molar-refractivity contribution in [3.05, 3.63) is 0 Å². The predicted octanol–water partition coefficient (Wildman–Crippen LogP) is 3.69. The van der Waals surface area contributed by atoms with Crippen LogP contribution in [0.3, 0.4) is 0 Å². The van der Waals surface area contributed by atoms with Crippen LogP contribution in [-0.4, -0.2) is 25.0 Å². The molecule has 1 aliphatic heterocycles. The summed E-state index contributed by atoms with van der Waals surface area (Å²) < 4.78 is 0. The molecular weight excluding hydrogens is 158 g/mol. The van der Waals surface area contributed by atoms with Crippen molar-refractivity contribution in [2.75, 3.05) is 20.1 Å². The molecule has 1 heteroatoms. The van der Waals surface area contributed by atoms with Crippen LogP contribution in [0.5, 0.6) is 0 Å². The van der Waals surface area contributed by atoms with Gasteiger partial charge in [-0.3, -0.25) is 0 Å². The number of likely N-dealkylation sites (tertiary alicyclic amines) is 1. The second-order valence-electron chi connectivity index (χ2n) is 4.07. The average molecular weight is 185 g/mol. The number of hydrogen-bond acceptors (Lipinski definition) is 1. The van der Waals surface area contributed by atoms with Crippen LogP contribution in [0.15, 0.2) is 0 Å². The molecule has 0 aromatic rings. The van der Waals surface area contributed by atoms with Gasteiger partial charge in [-0.25, -0.2) is 0 Å². The van der Waals surface area contributed by atoms with E-state index in [-0.39, 0.29) is 0 Å². The Balaban J connectivity index is 0.000000223. The Kier molecular flexibility index (Phi) is 10.0. The number of rotatable bonds is 4. The zero-order valence-electron chi connectivity index (χ0n) is 9.81. The highest BCUT2D eigenvalue weighted by Crippen LogP contribution is 2.02. The van der Waals surface area contributed by atoms with Gasteiger partial charge in [0.05, 0.1) is 0 Å². The Morgan fingerprint density at radius 3 is 1.54 bits per heavy atom. The van der Waals surface area contributed by atoms with E-state index in [9.17, 15) is 0 Å². The van der Waals surface area contributed by atoms with Crippen molar-refractivity contribution in [1.82, 2.24) is 4.90 Å². The van der Waals surface area contributed by atoms with Crippen molar-refractivity contribution in [1.29, 1.82) is 0 Å². The van der Waals surface area contributed by atoms with Gasteiger partial charge in [0.25, 0.3) is 0 Å². The lowest BCUT2D eigenvalue weighted by molar-refractivity contribution is 0.418. The van der Waals surface area contributed by atoms with Crippen LogP contribution in [0.1, 0.15) is 58.8 Å². The molecule has 1 fully saturated rings. The molecular formula is C12H27N. The predicted molar refractivity (Wildman–Crippen MR) is 61.2 cm³/mol. The van der Waals surface area contributed by atoms with Gasteiger partial charge < -0.3 is 4.90 Å². The molecule has 13 heavy (non-hydrogen) atoms. The van der Waals surface area contributed by atoms with E-state index in [2.05, 4.69) is 25.8 Å². The quantitative estimate of drug-likeness (QED) is 0.604. The maximum absolute atomic E-state index is 2.36. The van der Waals surface area contributed by atoms with E-state index in [4.69, 9.17) is 0 Å². The fourth-order valence-electron chi connectivity index (χ4n) is 1.55. The monoisotopic (exact) mass is 185 g/mol. The molecule has 0 saturated carbocycles. The van der Waals surface area contributed by atoms with Gasteiger partial charge in [0.2, 0.25) is 0 Å². The first-order chi connectivity index (χ1) is 6.31. The summed E-state index contributed by atoms with van der Waals surface area (Å²) in [7, 11) is 2.17. The van der Waals surface area contributed by atoms with Crippen LogP contribution < -0.4 is 0 Å². The summed E-state index contributed by atoms with van der Waals surface area (Å²) in [5.74, 6) is 0. The summed E-state index contributed by atoms with van der Waals surface area (Å²) in [6.07, 6.45) is 9.84. The van der Waals surface area contributed by atoms with Gasteiger partial charge in [0.15, 0.2) is 0 Å². The molecule has 0 aromatic heterocycles. The highest BCUT2D eigenvalue weighted by Gasteiger charge is 2.03. The normalized spacial score (nSPS) is 16.8. The molecule has 0 N–H and O–H groups in total. The maximum Gasteiger partial charge on any atom is -0.00213 e. The first-order valence-electron chi connectivity index (χ1n) is 5.99. The van der Waals surface area contributed by atoms with Gasteiger partial charge in [-0.1, -0.05) is 46.0 Å². The molecule has 0 atom stereocenters. The molecule has 0 amide bonds. The van der Waals surface area contributed by atoms with Crippen molar-refractivity contribution in [3.8, 4) is 0 Å². The Bertz CT molecular complexity index is 81.1. The van der Waals surface area contributed by atoms with E-state index >= 15 is 0 Å². The van der Waals surface area contributed by atoms with E-state index in [1.165, 1.54) is 58.0 Å². The van der Waals surface area contributed by atoms with Crippen LogP contribution in [0.25, 0.3) is 0 Å². The van der Waals surface area contributed by atoms with Crippen molar-refractivity contribution in [2.45, 2.75) is 58.8 Å². The largest absolute Gasteiger partial charge is 0.306 e. The van der Waals surface area contributed by atoms with Crippen molar-refractivity contribution >= 4 is 0 Å². The molecule has 0 unspecified atom stereocenters. The lowest BCUT2D eigenvalue weighted by Gasteiger charge is -2.01. The topological polar surface area (TPSA) is 3.24 Å². The second-order valence-corrected chi connectivity index (χ2v) is 4.07. The van der Waals surface area contributed by atoms with Crippen molar-refractivity contribution in [3.63, 3.8) is 0 Å². The van der Waals surface area contributed by atoms with Gasteiger partial charge in [0, 0.05) is 0 Å². The Hall–Kier alpha value is -0.0400. The zero-order valence-corrected chi connectivity index (χ0v) is 9.81. The molecule has 1 saturated heterocycles. The van der Waals surface area contributed by atoms with E-state index in [1.807, 2.05) is 0 Å². The molecule has 1 aliphatic rings. The minimum atomic E-state index is 1.32. The van der Waals surface area contributed by atoms with Crippen LogP contribution in [0.4, 0.5) is 0 Å². The molecule has 0 aromatic carbocycles. The number of hydrogen-bond donors (Lipinski definition) is 0. The van der Waals surface area contributed by atoms with Crippen LogP contribution >= 0.6 is 0 Å². The summed E-state index contributed by atoms with van der Waals surface area (Å²) >= 11 is 0. The summed E-state index contributed by atoms with van der Waals surface area (Å²) in [5.41, 5.74) is 0. The van der Waals surface area contributed by atoms with Gasteiger partial charge in [-0.2, -0.15) is 0 Å². The second kappa shape index (κ2) is 10.0. The fraction of sp³-hybridized carbons (Fsp3) is 1.00. The first-order valence-corrected chi connectivity index (χ1v) is 5.99. The Morgan fingerprint density at radius 1 is 0.846 bits per heavy atom. The number of nitrogens with zero attached hydrogens (tertiary/aromatic N) is 1. The van der Waals surface area contributed by atoms with E-state index < -0.39 is 0 Å². The van der Waals surface area contributed by atoms with E-state index in [0.717, 1.165) is 0 Å². The first kappa shape index (κ1) is 13.0. The third kappa shape index (κ3) is 9.88. The van der Waals surface area contributed by atoms with Gasteiger partial charge in [0.1, 0.15) is 0 Å². The van der Waals surface area contributed by atoms with E-state index in [0.29, 0.717) is 0 Å². The molecule has 1 nitrogen and oxygen atoms in total. The molecule has 0 radical (unpaired) electrons. The summed E-state index contributed by atoms with van der Waals surface area (Å²) in [5, 5.41) is 0. The smallest absolute Gasteiger partial charge is 0.00213 e. The van der Waals surface area contributed by atoms with Crippen LogP contribution in [-0.2, 0) is 0 Å². The molecule has 0 aliphatic carbocycles. The standard InChI is InChI=1S/C7H16.C5H11N/c1-3-5-7-6-4-2;1-6-4-2-3-5-6/h3-7H2,1-2H3;2-5H2,1H3. The number of unbranched alkanes of at least 4 members (excludes halogenated alkanes) is 4. The molecule has 80 valence electrons. The lowest BCUT2D eigenvalue weighted by Crippen LogP contribution is -2.10. The maximum atomic E-state index is 2.36. The zero-order chi connectivity index (χ0) is 9.94. The van der Waals surface area contributed by atoms with Gasteiger partial charge in [-0.05, 0) is 33.0 Å². The highest BCUT2D eigenvalue weighted by atomic mass is 15.1. The fourth-order valence-corrected chi connectivity index (χ4v) is 1.55. The summed E-state index contributed by atoms with van der Waals surface area (Å²) in [6, 6.07) is 0. The minimum Gasteiger partial charge on any atom is -0.306 e. The van der Waals surface area contributed by atoms with Crippen LogP contribution in [0.2, 0.25) is 0 Å². The molecule has 0 bridgehead atoms. The third-order valence-corrected chi connectivity index (χ3v) is 2.54. The van der Waals surface area contributed by atoms with Gasteiger partial charge in [-0.15, -0.1) is 0 Å². The third-order valence-electron chi connectivity index (χ3n) is 2.54. The minimum absolute atomic E-state index is 1.32. The summed E-state index contributed by atoms with van der Waals surface area (Å²) in [4.78, 5) is 2.36. The lowest BCUT2D eigenvalue weighted by atomic mass is 10.2. The molecule has 1 heterocycles. The van der Waals surface area contributed by atoms with Crippen LogP contribution in [0, 0.1) is 0 Å². The SMILES string of the molecule is CCCCCCC.CN1CCCC1. The summed E-state index contributed by atoms with van der Waals surface area (Å²) in [6.45, 7) is 7.13. The average Bonchev–Trinajstić information content (AvgIpc) is 2.58. The molecule has 1 rings (SSSR count). The van der Waals surface area contributed by atoms with Crippen molar-refractivity contribution in [2.24, 2.45) is 0 Å². The Labute approximate surface area is 84.5 Å². The highest BCUT2D eigenvalue weighted by molar-refractivity contribution is 4.59. The molecule has 0 spiro atoms. The van der Waals surface area contributed by atoms with Crippen molar-refractivity contribution < 1.29 is 0 Å². The van der Waals surface area contributed by atoms with Gasteiger partial charge >= 0.3 is 0 Å².